The molecule has 0 aromatic carbocycles. The number of carbonyl (C=O) groups excluding carboxylic acids is 3. The van der Waals surface area contributed by atoms with Crippen molar-refractivity contribution in [2.45, 2.75) is 12.5 Å². The van der Waals surface area contributed by atoms with Gasteiger partial charge in [-0.05, 0) is 6.42 Å². The molecule has 0 aromatic rings. The summed E-state index contributed by atoms with van der Waals surface area (Å²) in [5, 5.41) is 11.3. The van der Waals surface area contributed by atoms with Gasteiger partial charge >= 0.3 is 18.1 Å². The van der Waals surface area contributed by atoms with Gasteiger partial charge in [0.05, 0.1) is 13.2 Å². The van der Waals surface area contributed by atoms with Crippen LogP contribution in [0.1, 0.15) is 6.42 Å². The van der Waals surface area contributed by atoms with Crippen LogP contribution in [-0.2, 0) is 14.3 Å². The summed E-state index contributed by atoms with van der Waals surface area (Å²) in [7, 11) is 1.23. The van der Waals surface area contributed by atoms with E-state index >= 15 is 0 Å². The quantitative estimate of drug-likeness (QED) is 0.558. The number of amides is 4. The highest BCUT2D eigenvalue weighted by Crippen LogP contribution is 2.12. The number of urea groups is 1. The summed E-state index contributed by atoms with van der Waals surface area (Å²) >= 11 is 0. The van der Waals surface area contributed by atoms with E-state index in [1.165, 1.54) is 12.0 Å². The average Bonchev–Trinajstić information content (AvgIpc) is 2.84. The summed E-state index contributed by atoms with van der Waals surface area (Å²) in [5.74, 6) is -2.04. The topological polar surface area (TPSA) is 142 Å². The number of nitrogens with two attached hydrogens (primary N) is 1. The molecule has 0 aliphatic carbocycles. The van der Waals surface area contributed by atoms with Gasteiger partial charge in [0, 0.05) is 13.1 Å². The molecule has 1 rings (SSSR count). The molecule has 1 atom stereocenters. The van der Waals surface area contributed by atoms with Crippen molar-refractivity contribution in [2.75, 3.05) is 33.3 Å². The van der Waals surface area contributed by atoms with E-state index in [-0.39, 0.29) is 12.6 Å². The van der Waals surface area contributed by atoms with Crippen LogP contribution < -0.4 is 11.1 Å². The van der Waals surface area contributed by atoms with Gasteiger partial charge in [0.25, 0.3) is 0 Å². The molecule has 0 radical (unpaired) electrons. The van der Waals surface area contributed by atoms with Gasteiger partial charge in [0.15, 0.2) is 0 Å². The summed E-state index contributed by atoms with van der Waals surface area (Å²) in [6.07, 6.45) is -0.0907. The number of hydrogen-bond acceptors (Lipinski definition) is 5. The van der Waals surface area contributed by atoms with Crippen LogP contribution >= 0.6 is 0 Å². The summed E-state index contributed by atoms with van der Waals surface area (Å²) < 4.78 is 4.46. The Labute approximate surface area is 120 Å². The molecule has 0 aromatic heterocycles. The highest BCUT2D eigenvalue weighted by Gasteiger charge is 2.31. The van der Waals surface area contributed by atoms with Crippen LogP contribution in [0.4, 0.5) is 9.59 Å². The van der Waals surface area contributed by atoms with Gasteiger partial charge in [-0.2, -0.15) is 0 Å². The lowest BCUT2D eigenvalue weighted by Crippen LogP contribution is -2.48. The molecule has 0 spiro atoms. The second-order valence-corrected chi connectivity index (χ2v) is 4.57. The highest BCUT2D eigenvalue weighted by atomic mass is 16.5. The molecular weight excluding hydrogens is 284 g/mol. The molecular formula is C11H18N4O6. The zero-order valence-electron chi connectivity index (χ0n) is 11.6. The molecule has 0 saturated carbocycles. The lowest BCUT2D eigenvalue weighted by atomic mass is 10.3. The van der Waals surface area contributed by atoms with Crippen LogP contribution in [0.3, 0.4) is 0 Å². The third kappa shape index (κ3) is 5.16. The highest BCUT2D eigenvalue weighted by molar-refractivity contribution is 5.86. The lowest BCUT2D eigenvalue weighted by Gasteiger charge is -2.25. The van der Waals surface area contributed by atoms with E-state index in [9.17, 15) is 19.2 Å². The van der Waals surface area contributed by atoms with Crippen molar-refractivity contribution in [3.8, 4) is 0 Å². The van der Waals surface area contributed by atoms with Crippen LogP contribution in [0.5, 0.6) is 0 Å². The first-order valence-corrected chi connectivity index (χ1v) is 6.22. The molecule has 118 valence electrons. The molecule has 1 saturated heterocycles. The van der Waals surface area contributed by atoms with Crippen LogP contribution in [0.25, 0.3) is 0 Å². The first-order valence-electron chi connectivity index (χ1n) is 6.22. The van der Waals surface area contributed by atoms with E-state index in [0.717, 1.165) is 4.90 Å². The Morgan fingerprint density at radius 3 is 2.57 bits per heavy atom. The summed E-state index contributed by atoms with van der Waals surface area (Å²) in [6, 6.07) is -0.882. The fourth-order valence-electron chi connectivity index (χ4n) is 2.02. The molecule has 4 N–H and O–H groups in total. The number of ether oxygens (including phenoxy) is 1. The van der Waals surface area contributed by atoms with Crippen molar-refractivity contribution < 1.29 is 29.0 Å². The Hall–Kier alpha value is -2.52. The number of carbonyl (C=O) groups is 4. The fraction of sp³-hybridized carbons (Fsp3) is 0.636. The molecule has 1 unspecified atom stereocenters. The van der Waals surface area contributed by atoms with Gasteiger partial charge in [-0.1, -0.05) is 0 Å². The number of primary amides is 1. The lowest BCUT2D eigenvalue weighted by molar-refractivity contribution is -0.138. The third-order valence-corrected chi connectivity index (χ3v) is 2.91. The second-order valence-electron chi connectivity index (χ2n) is 4.57. The molecule has 1 aliphatic heterocycles. The Kier molecular flexibility index (Phi) is 5.76. The maximum atomic E-state index is 12.2. The first-order chi connectivity index (χ1) is 9.83. The minimum Gasteiger partial charge on any atom is -0.480 e. The van der Waals surface area contributed by atoms with Crippen molar-refractivity contribution in [1.29, 1.82) is 0 Å². The molecule has 21 heavy (non-hydrogen) atoms. The zero-order chi connectivity index (χ0) is 16.0. The Bertz CT molecular complexity index is 424. The number of hydrogen-bond donors (Lipinski definition) is 3. The molecule has 10 nitrogen and oxygen atoms in total. The minimum absolute atomic E-state index is 0.211. The number of alkyl carbamates (subject to hydrolysis) is 1. The Balaban J connectivity index is 2.61. The molecule has 1 heterocycles. The van der Waals surface area contributed by atoms with Crippen molar-refractivity contribution >= 4 is 24.0 Å². The number of nitrogens with one attached hydrogen (secondary N) is 1. The number of nitrogens with zero attached hydrogens (tertiary/aromatic N) is 2. The summed E-state index contributed by atoms with van der Waals surface area (Å²) in [6.45, 7) is -0.546. The summed E-state index contributed by atoms with van der Waals surface area (Å²) in [5.41, 5.74) is 5.00. The number of rotatable bonds is 5. The number of carboxylic acid groups (broad SMARTS) is 1. The minimum atomic E-state index is -1.24. The van der Waals surface area contributed by atoms with Crippen molar-refractivity contribution in [3.05, 3.63) is 0 Å². The standard InChI is InChI=1S/C11H18N4O6/c1-21-10(19)13-7-2-3-14(4-7)11(20)15(5-8(12)16)6-9(17)18/h7H,2-6H2,1H3,(H2,12,16)(H,13,19)(H,17,18). The fourth-order valence-corrected chi connectivity index (χ4v) is 2.02. The van der Waals surface area contributed by atoms with Gasteiger partial charge < -0.3 is 30.7 Å². The van der Waals surface area contributed by atoms with E-state index in [1.54, 1.807) is 0 Å². The molecule has 10 heteroatoms. The van der Waals surface area contributed by atoms with E-state index < -0.39 is 37.1 Å². The van der Waals surface area contributed by atoms with Crippen LogP contribution in [0.2, 0.25) is 0 Å². The van der Waals surface area contributed by atoms with Gasteiger partial charge in [0.1, 0.15) is 13.1 Å². The third-order valence-electron chi connectivity index (χ3n) is 2.91. The van der Waals surface area contributed by atoms with E-state index in [0.29, 0.717) is 13.0 Å². The first kappa shape index (κ1) is 16.5. The van der Waals surface area contributed by atoms with Gasteiger partial charge in [-0.3, -0.25) is 9.59 Å². The second kappa shape index (κ2) is 7.31. The zero-order valence-corrected chi connectivity index (χ0v) is 11.6. The Morgan fingerprint density at radius 1 is 1.38 bits per heavy atom. The number of aliphatic carboxylic acids is 1. The maximum absolute atomic E-state index is 12.2. The smallest absolute Gasteiger partial charge is 0.407 e. The van der Waals surface area contributed by atoms with Gasteiger partial charge in [0.2, 0.25) is 5.91 Å². The molecule has 0 bridgehead atoms. The maximum Gasteiger partial charge on any atom is 0.407 e. The molecule has 1 fully saturated rings. The number of methoxy groups -OCH3 is 1. The predicted octanol–water partition coefficient (Wildman–Crippen LogP) is -1.59. The van der Waals surface area contributed by atoms with E-state index in [4.69, 9.17) is 10.8 Å². The monoisotopic (exact) mass is 302 g/mol. The van der Waals surface area contributed by atoms with Gasteiger partial charge in [-0.15, -0.1) is 0 Å². The van der Waals surface area contributed by atoms with Gasteiger partial charge in [-0.25, -0.2) is 9.59 Å². The van der Waals surface area contributed by atoms with Crippen LogP contribution in [0.15, 0.2) is 0 Å². The van der Waals surface area contributed by atoms with Crippen LogP contribution in [0, 0.1) is 0 Å². The van der Waals surface area contributed by atoms with Crippen molar-refractivity contribution in [2.24, 2.45) is 5.73 Å². The molecule has 1 aliphatic rings. The summed E-state index contributed by atoms with van der Waals surface area (Å²) in [4.78, 5) is 47.1. The normalized spacial score (nSPS) is 17.2. The number of likely N-dealkylation sites (tertiary alicyclic amines) is 1. The van der Waals surface area contributed by atoms with E-state index in [2.05, 4.69) is 10.1 Å². The largest absolute Gasteiger partial charge is 0.480 e. The van der Waals surface area contributed by atoms with Crippen molar-refractivity contribution in [1.82, 2.24) is 15.1 Å². The van der Waals surface area contributed by atoms with Crippen LogP contribution in [-0.4, -0.2) is 78.2 Å². The molecule has 4 amide bonds. The van der Waals surface area contributed by atoms with Crippen molar-refractivity contribution in [3.63, 3.8) is 0 Å². The van der Waals surface area contributed by atoms with E-state index in [1.807, 2.05) is 0 Å². The average molecular weight is 302 g/mol. The predicted molar refractivity (Wildman–Crippen MR) is 69.3 cm³/mol. The SMILES string of the molecule is COC(=O)NC1CCN(C(=O)N(CC(N)=O)CC(=O)O)C1. The number of carboxylic acids is 1. The Morgan fingerprint density at radius 2 is 2.05 bits per heavy atom.